The largest absolute Gasteiger partial charge is 0.394 e. The minimum Gasteiger partial charge on any atom is -0.394 e. The fourth-order valence-corrected chi connectivity index (χ4v) is 5.29. The molecule has 3 heterocycles. The first-order valence-corrected chi connectivity index (χ1v) is 11.2. The van der Waals surface area contributed by atoms with E-state index in [4.69, 9.17) is 27.9 Å². The fraction of sp³-hybridized carbons (Fsp3) is 0.333. The maximum atomic E-state index is 13.3. The zero-order valence-corrected chi connectivity index (χ0v) is 18.2. The molecule has 3 aromatic rings. The lowest BCUT2D eigenvalue weighted by molar-refractivity contribution is -0.178. The van der Waals surface area contributed by atoms with Crippen LogP contribution in [-0.2, 0) is 4.74 Å². The average Bonchev–Trinajstić information content (AvgIpc) is 3.36. The molecule has 30 heavy (non-hydrogen) atoms. The van der Waals surface area contributed by atoms with Gasteiger partial charge in [0.2, 0.25) is 0 Å². The van der Waals surface area contributed by atoms with E-state index in [1.807, 2.05) is 0 Å². The summed E-state index contributed by atoms with van der Waals surface area (Å²) in [6.07, 6.45) is -1.88. The van der Waals surface area contributed by atoms with Crippen molar-refractivity contribution in [3.63, 3.8) is 0 Å². The van der Waals surface area contributed by atoms with Crippen LogP contribution in [0.1, 0.15) is 6.04 Å². The molecule has 0 amide bonds. The maximum absolute atomic E-state index is 13.3. The second kappa shape index (κ2) is 9.09. The van der Waals surface area contributed by atoms with Gasteiger partial charge in [0.05, 0.1) is 27.7 Å². The molecule has 2 aromatic heterocycles. The topological polar surface area (TPSA) is 101 Å². The number of aliphatic hydroxyl groups is 3. The SMILES string of the molecule is OCC1O[C@H](Sc2ccc(Cl)c(Cl)c2)C(O)[C@@H](n2cc(-c3ccc(F)s3)nn2)[C@H]1O. The predicted molar refractivity (Wildman–Crippen MR) is 112 cm³/mol. The lowest BCUT2D eigenvalue weighted by Crippen LogP contribution is -2.55. The molecule has 1 aliphatic rings. The molecule has 2 unspecified atom stereocenters. The molecule has 1 aliphatic heterocycles. The number of rotatable bonds is 5. The van der Waals surface area contributed by atoms with Gasteiger partial charge in [0.15, 0.2) is 5.13 Å². The standard InChI is InChI=1S/C18H16Cl2FN3O4S2/c19-9-2-1-8(5-10(9)20)29-18-17(27)15(16(26)12(7-25)28-18)24-6-11(22-23-24)13-3-4-14(21)30-13/h1-6,12,15-18,25-27H,7H2/t12?,15-,16-,17?,18+/m0/s1. The number of hydrogen-bond acceptors (Lipinski definition) is 8. The van der Waals surface area contributed by atoms with E-state index in [2.05, 4.69) is 10.3 Å². The fourth-order valence-electron chi connectivity index (χ4n) is 3.15. The van der Waals surface area contributed by atoms with Crippen molar-refractivity contribution < 1.29 is 24.4 Å². The van der Waals surface area contributed by atoms with Crippen molar-refractivity contribution in [3.8, 4) is 10.6 Å². The number of halogens is 3. The Morgan fingerprint density at radius 2 is 1.97 bits per heavy atom. The first-order valence-electron chi connectivity index (χ1n) is 8.79. The van der Waals surface area contributed by atoms with Gasteiger partial charge in [0, 0.05) is 4.90 Å². The highest BCUT2D eigenvalue weighted by Gasteiger charge is 2.46. The summed E-state index contributed by atoms with van der Waals surface area (Å²) in [6.45, 7) is -0.458. The van der Waals surface area contributed by atoms with Crippen molar-refractivity contribution in [2.45, 2.75) is 34.7 Å². The lowest BCUT2D eigenvalue weighted by atomic mass is 9.97. The first-order chi connectivity index (χ1) is 14.4. The second-order valence-electron chi connectivity index (χ2n) is 6.58. The van der Waals surface area contributed by atoms with E-state index in [9.17, 15) is 19.7 Å². The average molecular weight is 492 g/mol. The van der Waals surface area contributed by atoms with Gasteiger partial charge in [-0.2, -0.15) is 4.39 Å². The normalized spacial score (nSPS) is 26.8. The van der Waals surface area contributed by atoms with Crippen LogP contribution in [0.3, 0.4) is 0 Å². The van der Waals surface area contributed by atoms with E-state index in [1.54, 1.807) is 24.3 Å². The predicted octanol–water partition coefficient (Wildman–Crippen LogP) is 3.22. The van der Waals surface area contributed by atoms with Crippen molar-refractivity contribution in [2.75, 3.05) is 6.61 Å². The number of aliphatic hydroxyl groups excluding tert-OH is 3. The Bertz CT molecular complexity index is 1040. The third kappa shape index (κ3) is 4.37. The molecule has 0 saturated carbocycles. The Balaban J connectivity index is 1.61. The van der Waals surface area contributed by atoms with Crippen LogP contribution in [0.4, 0.5) is 4.39 Å². The van der Waals surface area contributed by atoms with Gasteiger partial charge in [0.1, 0.15) is 35.5 Å². The van der Waals surface area contributed by atoms with E-state index in [0.717, 1.165) is 11.3 Å². The van der Waals surface area contributed by atoms with Gasteiger partial charge in [-0.25, -0.2) is 4.68 Å². The van der Waals surface area contributed by atoms with E-state index in [-0.39, 0.29) is 5.13 Å². The molecule has 0 bridgehead atoms. The summed E-state index contributed by atoms with van der Waals surface area (Å²) in [5.41, 5.74) is -0.427. The minimum atomic E-state index is -1.25. The van der Waals surface area contributed by atoms with Crippen LogP contribution in [0.15, 0.2) is 41.4 Å². The van der Waals surface area contributed by atoms with Gasteiger partial charge < -0.3 is 20.1 Å². The Hall–Kier alpha value is -1.24. The summed E-state index contributed by atoms with van der Waals surface area (Å²) >= 11 is 14.1. The number of thiophene rings is 1. The van der Waals surface area contributed by atoms with Gasteiger partial charge in [-0.15, -0.1) is 16.4 Å². The summed E-state index contributed by atoms with van der Waals surface area (Å²) in [4.78, 5) is 1.25. The molecule has 0 aliphatic carbocycles. The van der Waals surface area contributed by atoms with Gasteiger partial charge in [-0.05, 0) is 30.3 Å². The number of hydrogen-bond donors (Lipinski definition) is 3. The minimum absolute atomic E-state index is 0.353. The van der Waals surface area contributed by atoms with Gasteiger partial charge >= 0.3 is 0 Å². The third-order valence-corrected chi connectivity index (χ3v) is 7.42. The molecular formula is C18H16Cl2FN3O4S2. The van der Waals surface area contributed by atoms with E-state index < -0.39 is 36.4 Å². The number of thioether (sulfide) groups is 1. The molecule has 1 saturated heterocycles. The van der Waals surface area contributed by atoms with Gasteiger partial charge in [-0.3, -0.25) is 0 Å². The summed E-state index contributed by atoms with van der Waals surface area (Å²) < 4.78 is 20.3. The van der Waals surface area contributed by atoms with Gasteiger partial charge in [-0.1, -0.05) is 40.2 Å². The summed E-state index contributed by atoms with van der Waals surface area (Å²) in [5.74, 6) is 0. The summed E-state index contributed by atoms with van der Waals surface area (Å²) in [5, 5.41) is 39.7. The molecule has 5 atom stereocenters. The zero-order chi connectivity index (χ0) is 21.4. The van der Waals surface area contributed by atoms with Gasteiger partial charge in [0.25, 0.3) is 0 Å². The highest BCUT2D eigenvalue weighted by Crippen LogP contribution is 2.39. The highest BCUT2D eigenvalue weighted by molar-refractivity contribution is 7.99. The highest BCUT2D eigenvalue weighted by atomic mass is 35.5. The van der Waals surface area contributed by atoms with Crippen LogP contribution in [0.2, 0.25) is 10.0 Å². The smallest absolute Gasteiger partial charge is 0.177 e. The molecule has 0 radical (unpaired) electrons. The quantitative estimate of drug-likeness (QED) is 0.503. The number of aromatic nitrogens is 3. The number of nitrogens with zero attached hydrogens (tertiary/aromatic N) is 3. The molecule has 3 N–H and O–H groups in total. The van der Waals surface area contributed by atoms with Crippen LogP contribution in [-0.4, -0.2) is 60.7 Å². The van der Waals surface area contributed by atoms with Crippen LogP contribution >= 0.6 is 46.3 Å². The van der Waals surface area contributed by atoms with Crippen LogP contribution < -0.4 is 0 Å². The molecule has 1 fully saturated rings. The van der Waals surface area contributed by atoms with Crippen molar-refractivity contribution in [1.82, 2.24) is 15.0 Å². The summed E-state index contributed by atoms with van der Waals surface area (Å²) in [7, 11) is 0. The Morgan fingerprint density at radius 1 is 1.17 bits per heavy atom. The number of ether oxygens (including phenoxy) is 1. The Labute approximate surface area is 189 Å². The van der Waals surface area contributed by atoms with E-state index in [1.165, 1.54) is 28.7 Å². The van der Waals surface area contributed by atoms with E-state index >= 15 is 0 Å². The first kappa shape index (κ1) is 22.0. The molecule has 1 aromatic carbocycles. The van der Waals surface area contributed by atoms with Crippen LogP contribution in [0, 0.1) is 5.13 Å². The molecule has 0 spiro atoms. The van der Waals surface area contributed by atoms with Crippen molar-refractivity contribution >= 4 is 46.3 Å². The molecule has 7 nitrogen and oxygen atoms in total. The van der Waals surface area contributed by atoms with E-state index in [0.29, 0.717) is 25.5 Å². The molecule has 160 valence electrons. The van der Waals surface area contributed by atoms with Crippen molar-refractivity contribution in [2.24, 2.45) is 0 Å². The van der Waals surface area contributed by atoms with Crippen molar-refractivity contribution in [1.29, 1.82) is 0 Å². The number of benzene rings is 1. The molecule has 12 heteroatoms. The van der Waals surface area contributed by atoms with Crippen LogP contribution in [0.25, 0.3) is 10.6 Å². The maximum Gasteiger partial charge on any atom is 0.177 e. The second-order valence-corrected chi connectivity index (χ2v) is 9.60. The lowest BCUT2D eigenvalue weighted by Gasteiger charge is -2.41. The summed E-state index contributed by atoms with van der Waals surface area (Å²) in [6, 6.07) is 6.94. The molecular weight excluding hydrogens is 476 g/mol. The van der Waals surface area contributed by atoms with Crippen LogP contribution in [0.5, 0.6) is 0 Å². The van der Waals surface area contributed by atoms with Crippen molar-refractivity contribution in [3.05, 3.63) is 51.7 Å². The molecule has 4 rings (SSSR count). The Morgan fingerprint density at radius 3 is 2.63 bits per heavy atom. The third-order valence-electron chi connectivity index (χ3n) is 4.63. The Kier molecular flexibility index (Phi) is 6.66. The monoisotopic (exact) mass is 491 g/mol. The zero-order valence-electron chi connectivity index (χ0n) is 15.1.